The van der Waals surface area contributed by atoms with Gasteiger partial charge < -0.3 is 0 Å². The smallest absolute Gasteiger partial charge is 0.0676 e. The van der Waals surface area contributed by atoms with E-state index < -0.39 is 6.85 Å². The van der Waals surface area contributed by atoms with Crippen LogP contribution < -0.4 is 9.75 Å². The Balaban J connectivity index is 2.03. The summed E-state index contributed by atoms with van der Waals surface area (Å²) in [6, 6.07) is 7.83. The minimum atomic E-state index is -2.42. The van der Waals surface area contributed by atoms with Crippen LogP contribution in [-0.4, -0.2) is 4.98 Å². The molecule has 1 aromatic carbocycles. The molecule has 3 aromatic rings. The molecule has 0 saturated carbocycles. The maximum absolute atomic E-state index is 8.30. The van der Waals surface area contributed by atoms with Crippen molar-refractivity contribution < 1.29 is 6.85 Å². The Bertz CT molecular complexity index is 1110. The quantitative estimate of drug-likeness (QED) is 0.667. The van der Waals surface area contributed by atoms with E-state index in [2.05, 4.69) is 23.2 Å². The topological polar surface area (TPSA) is 12.9 Å². The van der Waals surface area contributed by atoms with Gasteiger partial charge in [-0.2, -0.15) is 0 Å². The Kier molecular flexibility index (Phi) is 1.77. The van der Waals surface area contributed by atoms with Gasteiger partial charge in [0.1, 0.15) is 0 Å². The Morgan fingerprint density at radius 2 is 2.25 bits per heavy atom. The molecule has 2 heterocycles. The van der Waals surface area contributed by atoms with Gasteiger partial charge in [0.25, 0.3) is 0 Å². The van der Waals surface area contributed by atoms with Crippen molar-refractivity contribution in [1.82, 2.24) is 4.98 Å². The molecule has 98 valence electrons. The summed E-state index contributed by atoms with van der Waals surface area (Å²) in [5.74, 6) is 0. The van der Waals surface area contributed by atoms with E-state index in [1.165, 1.54) is 16.3 Å². The van der Waals surface area contributed by atoms with Gasteiger partial charge in [0.05, 0.1) is 8.44 Å². The molecule has 20 heavy (non-hydrogen) atoms. The summed E-state index contributed by atoms with van der Waals surface area (Å²) in [7, 11) is 0. The monoisotopic (exact) mass is 282 g/mol. The van der Waals surface area contributed by atoms with Crippen LogP contribution in [0, 0.1) is 6.85 Å². The molecule has 1 aliphatic rings. The fourth-order valence-corrected chi connectivity index (χ4v) is 3.95. The van der Waals surface area contributed by atoms with Gasteiger partial charge in [-0.15, -0.1) is 11.3 Å². The number of pyridine rings is 1. The summed E-state index contributed by atoms with van der Waals surface area (Å²) in [5, 5.41) is 2.35. The Labute approximate surface area is 128 Å². The van der Waals surface area contributed by atoms with E-state index in [1.807, 2.05) is 12.1 Å². The molecule has 0 radical (unpaired) electrons. The standard InChI is InChI=1S/C18H15NS/c1-12-9-10-16(19-11-12)15-7-4-6-14-13-5-2-3-8-17(13)20-18(14)15/h2-3,5-6,8-11H,4,7H2,1H3/i1D3,9D,10D. The molecule has 0 amide bonds. The van der Waals surface area contributed by atoms with Gasteiger partial charge in [0.15, 0.2) is 0 Å². The van der Waals surface area contributed by atoms with E-state index >= 15 is 0 Å². The van der Waals surface area contributed by atoms with E-state index in [0.29, 0.717) is 5.69 Å². The molecule has 0 spiro atoms. The van der Waals surface area contributed by atoms with Crippen molar-refractivity contribution in [2.75, 3.05) is 0 Å². The molecule has 0 bridgehead atoms. The third kappa shape index (κ3) is 1.80. The number of thiophene rings is 1. The van der Waals surface area contributed by atoms with E-state index in [1.54, 1.807) is 11.3 Å². The minimum Gasteiger partial charge on any atom is -0.256 e. The molecule has 0 N–H and O–H groups in total. The molecule has 0 aliphatic heterocycles. The van der Waals surface area contributed by atoms with Gasteiger partial charge in [-0.1, -0.05) is 30.3 Å². The minimum absolute atomic E-state index is 0.103. The molecule has 0 fully saturated rings. The zero-order valence-corrected chi connectivity index (χ0v) is 11.6. The van der Waals surface area contributed by atoms with Crippen LogP contribution in [0.15, 0.2) is 42.5 Å². The van der Waals surface area contributed by atoms with Crippen molar-refractivity contribution in [1.29, 1.82) is 0 Å². The highest BCUT2D eigenvalue weighted by Gasteiger charge is 2.12. The first-order valence-corrected chi connectivity index (χ1v) is 7.37. The Morgan fingerprint density at radius 3 is 3.20 bits per heavy atom. The van der Waals surface area contributed by atoms with Crippen LogP contribution in [0.3, 0.4) is 0 Å². The fourth-order valence-electron chi connectivity index (χ4n) is 2.67. The highest BCUT2D eigenvalue weighted by molar-refractivity contribution is 7.17. The number of hydrogen-bond donors (Lipinski definition) is 0. The van der Waals surface area contributed by atoms with Crippen molar-refractivity contribution in [3.63, 3.8) is 0 Å². The summed E-state index contributed by atoms with van der Waals surface area (Å²) in [4.78, 5) is 4.29. The molecule has 0 unspecified atom stereocenters. The molecule has 0 saturated heterocycles. The van der Waals surface area contributed by atoms with Crippen LogP contribution in [0.5, 0.6) is 0 Å². The first-order valence-electron chi connectivity index (χ1n) is 9.06. The van der Waals surface area contributed by atoms with E-state index in [9.17, 15) is 0 Å². The molecule has 4 rings (SSSR count). The number of rotatable bonds is 1. The second-order valence-corrected chi connectivity index (χ2v) is 5.89. The summed E-state index contributed by atoms with van der Waals surface area (Å²) in [5.41, 5.74) is 1.20. The molecule has 0 atom stereocenters. The largest absolute Gasteiger partial charge is 0.256 e. The first kappa shape index (κ1) is 7.75. The van der Waals surface area contributed by atoms with Crippen LogP contribution in [0.25, 0.3) is 21.7 Å². The van der Waals surface area contributed by atoms with Crippen LogP contribution in [0.1, 0.15) is 31.0 Å². The molecular formula is C18H15NS. The number of fused-ring (bicyclic) bond motifs is 3. The summed E-state index contributed by atoms with van der Waals surface area (Å²) < 4.78 is 41.1. The average molecular weight is 282 g/mol. The fraction of sp³-hybridized carbons (Fsp3) is 0.167. The van der Waals surface area contributed by atoms with Gasteiger partial charge in [-0.25, -0.2) is 0 Å². The summed E-state index contributed by atoms with van der Waals surface area (Å²) >= 11 is 1.66. The highest BCUT2D eigenvalue weighted by Crippen LogP contribution is 2.21. The number of nitrogens with zero attached hydrogens (tertiary/aromatic N) is 1. The lowest BCUT2D eigenvalue weighted by atomic mass is 10.00. The second kappa shape index (κ2) is 4.57. The number of hydrogen-bond acceptors (Lipinski definition) is 2. The zero-order valence-electron chi connectivity index (χ0n) is 15.7. The second-order valence-electron chi connectivity index (χ2n) is 4.83. The predicted molar refractivity (Wildman–Crippen MR) is 86.3 cm³/mol. The summed E-state index contributed by atoms with van der Waals surface area (Å²) in [6.45, 7) is -2.42. The van der Waals surface area contributed by atoms with Gasteiger partial charge in [-0.3, -0.25) is 4.98 Å². The van der Waals surface area contributed by atoms with Crippen molar-refractivity contribution in [3.8, 4) is 0 Å². The normalized spacial score (nSPS) is 18.4. The average Bonchev–Trinajstić information content (AvgIpc) is 2.95. The maximum Gasteiger partial charge on any atom is 0.0676 e. The molecular weight excluding hydrogens is 262 g/mol. The van der Waals surface area contributed by atoms with Crippen molar-refractivity contribution >= 4 is 33.1 Å². The third-order valence-electron chi connectivity index (χ3n) is 3.57. The van der Waals surface area contributed by atoms with Gasteiger partial charge >= 0.3 is 0 Å². The molecule has 2 aromatic heterocycles. The molecule has 2 heteroatoms. The van der Waals surface area contributed by atoms with Crippen LogP contribution in [0.2, 0.25) is 0 Å². The number of benzene rings is 1. The number of aromatic nitrogens is 1. The van der Waals surface area contributed by atoms with Crippen LogP contribution in [-0.2, 0) is 0 Å². The van der Waals surface area contributed by atoms with Crippen LogP contribution in [0.4, 0.5) is 0 Å². The van der Waals surface area contributed by atoms with Crippen LogP contribution >= 0.6 is 11.3 Å². The van der Waals surface area contributed by atoms with E-state index in [0.717, 1.165) is 28.2 Å². The van der Waals surface area contributed by atoms with Gasteiger partial charge in [-0.05, 0) is 53.5 Å². The third-order valence-corrected chi connectivity index (χ3v) is 4.82. The predicted octanol–water partition coefficient (Wildman–Crippen LogP) is 3.38. The lowest BCUT2D eigenvalue weighted by Gasteiger charge is -2.08. The SMILES string of the molecule is [2H]c1c(C([2H])([2H])[2H])cnc(C2=c3sc4ccccc4c3=CCC2)c1[2H]. The van der Waals surface area contributed by atoms with E-state index in [-0.39, 0.29) is 17.6 Å². The first-order chi connectivity index (χ1) is 11.9. The van der Waals surface area contributed by atoms with Crippen molar-refractivity contribution in [2.24, 2.45) is 0 Å². The van der Waals surface area contributed by atoms with E-state index in [4.69, 9.17) is 6.85 Å². The number of aryl methyl sites for hydroxylation is 1. The van der Waals surface area contributed by atoms with Crippen molar-refractivity contribution in [3.05, 3.63) is 63.6 Å². The highest BCUT2D eigenvalue weighted by atomic mass is 32.1. The molecule has 1 nitrogen and oxygen atoms in total. The van der Waals surface area contributed by atoms with Gasteiger partial charge in [0.2, 0.25) is 0 Å². The Hall–Kier alpha value is -1.93. The van der Waals surface area contributed by atoms with Gasteiger partial charge in [0, 0.05) is 19.5 Å². The maximum atomic E-state index is 8.30. The summed E-state index contributed by atoms with van der Waals surface area (Å²) in [6.07, 6.45) is 5.03. The molecule has 1 aliphatic carbocycles. The lowest BCUT2D eigenvalue weighted by Crippen LogP contribution is -2.25. The van der Waals surface area contributed by atoms with Crippen molar-refractivity contribution in [2.45, 2.75) is 19.7 Å². The zero-order chi connectivity index (χ0) is 17.8. The lowest BCUT2D eigenvalue weighted by molar-refractivity contribution is 1.06. The Morgan fingerprint density at radius 1 is 1.30 bits per heavy atom.